The summed E-state index contributed by atoms with van der Waals surface area (Å²) in [6.07, 6.45) is 18.0. The molecule has 17 heavy (non-hydrogen) atoms. The van der Waals surface area contributed by atoms with Crippen LogP contribution in [0.25, 0.3) is 0 Å². The van der Waals surface area contributed by atoms with Gasteiger partial charge in [0.25, 0.3) is 0 Å². The summed E-state index contributed by atoms with van der Waals surface area (Å²) in [5, 5.41) is 0. The average molecular weight is 234 g/mol. The van der Waals surface area contributed by atoms with E-state index in [4.69, 9.17) is 4.74 Å². The van der Waals surface area contributed by atoms with Crippen LogP contribution >= 0.6 is 0 Å². The lowest BCUT2D eigenvalue weighted by molar-refractivity contribution is -0.000958. The summed E-state index contributed by atoms with van der Waals surface area (Å²) in [5.74, 6) is 1.99. The fourth-order valence-electron chi connectivity index (χ4n) is 5.59. The highest BCUT2D eigenvalue weighted by Gasteiger charge is 2.56. The highest BCUT2D eigenvalue weighted by molar-refractivity contribution is 5.05. The summed E-state index contributed by atoms with van der Waals surface area (Å²) < 4.78 is 5.85. The maximum atomic E-state index is 5.85. The Morgan fingerprint density at radius 3 is 2.18 bits per heavy atom. The van der Waals surface area contributed by atoms with Gasteiger partial charge >= 0.3 is 0 Å². The van der Waals surface area contributed by atoms with Gasteiger partial charge < -0.3 is 4.74 Å². The number of rotatable bonds is 1. The van der Waals surface area contributed by atoms with Crippen molar-refractivity contribution in [2.45, 2.75) is 82.8 Å². The number of fused-ring (bicyclic) bond motifs is 1. The van der Waals surface area contributed by atoms with Crippen LogP contribution in [0.3, 0.4) is 0 Å². The van der Waals surface area contributed by atoms with Crippen molar-refractivity contribution in [3.05, 3.63) is 0 Å². The van der Waals surface area contributed by atoms with Gasteiger partial charge in [-0.1, -0.05) is 32.1 Å². The predicted octanol–water partition coefficient (Wildman–Crippen LogP) is 4.30. The van der Waals surface area contributed by atoms with E-state index in [0.29, 0.717) is 12.2 Å². The molecule has 0 aromatic carbocycles. The van der Waals surface area contributed by atoms with Gasteiger partial charge in [0.05, 0.1) is 12.2 Å². The van der Waals surface area contributed by atoms with Crippen molar-refractivity contribution < 1.29 is 4.74 Å². The maximum Gasteiger partial charge on any atom is 0.0872 e. The Hall–Kier alpha value is -0.0400. The average Bonchev–Trinajstić information content (AvgIpc) is 3.04. The first kappa shape index (κ1) is 10.8. The molecule has 1 nitrogen and oxygen atoms in total. The number of hydrogen-bond acceptors (Lipinski definition) is 1. The van der Waals surface area contributed by atoms with Gasteiger partial charge in [-0.2, -0.15) is 0 Å². The molecule has 1 spiro atoms. The molecule has 0 bridgehead atoms. The van der Waals surface area contributed by atoms with E-state index in [1.54, 1.807) is 19.3 Å². The van der Waals surface area contributed by atoms with E-state index in [-0.39, 0.29) is 0 Å². The molecule has 0 radical (unpaired) electrons. The zero-order valence-corrected chi connectivity index (χ0v) is 11.0. The maximum absolute atomic E-state index is 5.85. The Kier molecular flexibility index (Phi) is 2.54. The largest absolute Gasteiger partial charge is 0.369 e. The topological polar surface area (TPSA) is 12.5 Å². The van der Waals surface area contributed by atoms with E-state index in [2.05, 4.69) is 0 Å². The number of epoxide rings is 1. The Labute approximate surface area is 105 Å². The predicted molar refractivity (Wildman–Crippen MR) is 68.9 cm³/mol. The highest BCUT2D eigenvalue weighted by atomic mass is 16.6. The zero-order valence-electron chi connectivity index (χ0n) is 11.0. The van der Waals surface area contributed by atoms with E-state index >= 15 is 0 Å². The minimum atomic E-state index is 0.697. The van der Waals surface area contributed by atoms with Crippen molar-refractivity contribution in [3.63, 3.8) is 0 Å². The fraction of sp³-hybridized carbons (Fsp3) is 1.00. The second-order valence-corrected chi connectivity index (χ2v) is 7.16. The molecule has 4 unspecified atom stereocenters. The second-order valence-electron chi connectivity index (χ2n) is 7.16. The molecule has 4 aliphatic rings. The van der Waals surface area contributed by atoms with Crippen molar-refractivity contribution in [2.24, 2.45) is 17.3 Å². The van der Waals surface area contributed by atoms with Gasteiger partial charge in [0.15, 0.2) is 0 Å². The van der Waals surface area contributed by atoms with Crippen LogP contribution in [0.2, 0.25) is 0 Å². The Morgan fingerprint density at radius 2 is 1.53 bits per heavy atom. The van der Waals surface area contributed by atoms with Crippen LogP contribution in [0.1, 0.15) is 70.6 Å². The molecule has 1 heterocycles. The van der Waals surface area contributed by atoms with Crippen LogP contribution < -0.4 is 0 Å². The lowest BCUT2D eigenvalue weighted by atomic mass is 9.56. The summed E-state index contributed by atoms with van der Waals surface area (Å²) in [6, 6.07) is 0. The molecule has 3 saturated carbocycles. The lowest BCUT2D eigenvalue weighted by Gasteiger charge is -2.49. The van der Waals surface area contributed by atoms with Crippen LogP contribution in [0.15, 0.2) is 0 Å². The molecule has 4 rings (SSSR count). The van der Waals surface area contributed by atoms with Crippen LogP contribution in [0, 0.1) is 17.3 Å². The smallest absolute Gasteiger partial charge is 0.0872 e. The van der Waals surface area contributed by atoms with Gasteiger partial charge in [-0.05, 0) is 55.8 Å². The third kappa shape index (κ3) is 1.69. The second kappa shape index (κ2) is 3.98. The van der Waals surface area contributed by atoms with E-state index in [9.17, 15) is 0 Å². The molecule has 0 aromatic rings. The SMILES string of the molecule is C1CCC2(CC1)CCCCC2C1CCC2OC21. The molecule has 0 amide bonds. The van der Waals surface area contributed by atoms with Crippen molar-refractivity contribution in [1.29, 1.82) is 0 Å². The van der Waals surface area contributed by atoms with Crippen LogP contribution in [0.5, 0.6) is 0 Å². The summed E-state index contributed by atoms with van der Waals surface area (Å²) in [7, 11) is 0. The van der Waals surface area contributed by atoms with Gasteiger partial charge in [0, 0.05) is 0 Å². The summed E-state index contributed by atoms with van der Waals surface area (Å²) >= 11 is 0. The molecule has 96 valence electrons. The molecular weight excluding hydrogens is 208 g/mol. The molecule has 4 fully saturated rings. The molecule has 1 aliphatic heterocycles. The highest BCUT2D eigenvalue weighted by Crippen LogP contribution is 2.59. The summed E-state index contributed by atoms with van der Waals surface area (Å²) in [4.78, 5) is 0. The van der Waals surface area contributed by atoms with E-state index in [0.717, 1.165) is 17.3 Å². The number of ether oxygens (including phenoxy) is 1. The van der Waals surface area contributed by atoms with Crippen molar-refractivity contribution in [2.75, 3.05) is 0 Å². The molecular formula is C16H26O. The van der Waals surface area contributed by atoms with Crippen LogP contribution in [-0.4, -0.2) is 12.2 Å². The monoisotopic (exact) mass is 234 g/mol. The van der Waals surface area contributed by atoms with Crippen molar-refractivity contribution in [3.8, 4) is 0 Å². The Bertz CT molecular complexity index is 284. The fourth-order valence-corrected chi connectivity index (χ4v) is 5.59. The normalized spacial score (nSPS) is 48.0. The van der Waals surface area contributed by atoms with Crippen LogP contribution in [0.4, 0.5) is 0 Å². The molecule has 4 atom stereocenters. The minimum Gasteiger partial charge on any atom is -0.369 e. The van der Waals surface area contributed by atoms with Gasteiger partial charge in [0.2, 0.25) is 0 Å². The van der Waals surface area contributed by atoms with Gasteiger partial charge in [-0.3, -0.25) is 0 Å². The van der Waals surface area contributed by atoms with Crippen molar-refractivity contribution >= 4 is 0 Å². The van der Waals surface area contributed by atoms with E-state index in [1.807, 2.05) is 0 Å². The zero-order chi connectivity index (χ0) is 11.3. The van der Waals surface area contributed by atoms with Gasteiger partial charge in [-0.25, -0.2) is 0 Å². The number of hydrogen-bond donors (Lipinski definition) is 0. The molecule has 1 saturated heterocycles. The van der Waals surface area contributed by atoms with E-state index in [1.165, 1.54) is 51.4 Å². The minimum absolute atomic E-state index is 0.697. The third-order valence-electron chi connectivity index (χ3n) is 6.42. The third-order valence-corrected chi connectivity index (χ3v) is 6.42. The van der Waals surface area contributed by atoms with Crippen molar-refractivity contribution in [1.82, 2.24) is 0 Å². The summed E-state index contributed by atoms with van der Waals surface area (Å²) in [6.45, 7) is 0. The summed E-state index contributed by atoms with van der Waals surface area (Å²) in [5.41, 5.74) is 0.766. The van der Waals surface area contributed by atoms with E-state index < -0.39 is 0 Å². The standard InChI is InChI=1S/C16H26O/c1-3-9-16(10-4-1)11-5-2-6-13(16)12-7-8-14-15(12)17-14/h12-15H,1-11H2. The van der Waals surface area contributed by atoms with Gasteiger partial charge in [0.1, 0.15) is 0 Å². The first-order valence-corrected chi connectivity index (χ1v) is 8.05. The Balaban J connectivity index is 1.57. The lowest BCUT2D eigenvalue weighted by Crippen LogP contribution is -2.40. The quantitative estimate of drug-likeness (QED) is 0.616. The molecule has 3 aliphatic carbocycles. The Morgan fingerprint density at radius 1 is 0.765 bits per heavy atom. The van der Waals surface area contributed by atoms with Crippen LogP contribution in [-0.2, 0) is 4.74 Å². The molecule has 0 aromatic heterocycles. The molecule has 0 N–H and O–H groups in total. The van der Waals surface area contributed by atoms with Gasteiger partial charge in [-0.15, -0.1) is 0 Å². The first-order chi connectivity index (χ1) is 8.39. The first-order valence-electron chi connectivity index (χ1n) is 8.05. The molecule has 1 heteroatoms.